The molecule has 2 aromatic rings. The Morgan fingerprint density at radius 3 is 2.31 bits per heavy atom. The number of ether oxygens (including phenoxy) is 3. The Morgan fingerprint density at radius 1 is 1.03 bits per heavy atom. The average molecular weight is 493 g/mol. The summed E-state index contributed by atoms with van der Waals surface area (Å²) >= 11 is 0. The highest BCUT2D eigenvalue weighted by Gasteiger charge is 2.33. The van der Waals surface area contributed by atoms with Crippen LogP contribution in [0.5, 0.6) is 0 Å². The third-order valence-corrected chi connectivity index (χ3v) is 6.20. The normalized spacial score (nSPS) is 16.8. The summed E-state index contributed by atoms with van der Waals surface area (Å²) in [5.41, 5.74) is 4.22. The monoisotopic (exact) mass is 492 g/mol. The fourth-order valence-electron chi connectivity index (χ4n) is 4.48. The number of carbonyl (C=O) groups excluding carboxylic acids is 4. The van der Waals surface area contributed by atoms with Gasteiger partial charge in [-0.05, 0) is 41.6 Å². The molecule has 1 aliphatic heterocycles. The number of rotatable bonds is 9. The van der Waals surface area contributed by atoms with Crippen LogP contribution in [-0.4, -0.2) is 55.8 Å². The molecule has 1 fully saturated rings. The van der Waals surface area contributed by atoms with Crippen LogP contribution in [0.3, 0.4) is 0 Å². The third-order valence-electron chi connectivity index (χ3n) is 6.20. The molecule has 9 heteroatoms. The van der Waals surface area contributed by atoms with Gasteiger partial charge in [0.15, 0.2) is 0 Å². The first kappa shape index (κ1) is 25.1. The summed E-state index contributed by atoms with van der Waals surface area (Å²) in [4.78, 5) is 49.7. The molecule has 1 heterocycles. The van der Waals surface area contributed by atoms with Crippen LogP contribution in [0, 0.1) is 0 Å². The van der Waals surface area contributed by atoms with E-state index in [1.54, 1.807) is 0 Å². The van der Waals surface area contributed by atoms with Crippen LogP contribution in [0.25, 0.3) is 11.1 Å². The molecule has 0 spiro atoms. The zero-order chi connectivity index (χ0) is 25.5. The lowest BCUT2D eigenvalue weighted by atomic mass is 9.98. The van der Waals surface area contributed by atoms with E-state index in [1.807, 2.05) is 48.5 Å². The molecule has 2 aromatic carbocycles. The van der Waals surface area contributed by atoms with Gasteiger partial charge in [0, 0.05) is 5.92 Å². The molecule has 0 aromatic heterocycles. The highest BCUT2D eigenvalue weighted by molar-refractivity contribution is 5.94. The second-order valence-electron chi connectivity index (χ2n) is 8.59. The van der Waals surface area contributed by atoms with E-state index >= 15 is 0 Å². The van der Waals surface area contributed by atoms with E-state index in [1.165, 1.54) is 6.08 Å². The first-order valence-corrected chi connectivity index (χ1v) is 11.8. The Hall–Kier alpha value is -3.98. The minimum Gasteiger partial charge on any atom is -0.461 e. The van der Waals surface area contributed by atoms with Crippen molar-refractivity contribution in [2.24, 2.45) is 0 Å². The molecule has 2 atom stereocenters. The molecule has 1 saturated heterocycles. The predicted octanol–water partition coefficient (Wildman–Crippen LogP) is 2.83. The standard InChI is InChI=1S/C27H28N2O7/c1-2-14-34-24(30)15-23(26(32)36-25(31)22-12-7-13-28-22)29-27(33)35-16-21-19-10-5-3-8-17(19)18-9-4-6-11-20(18)21/h2-6,8-11,21-23,28H,1,7,12-16H2,(H,29,33). The number of amides is 1. The molecule has 0 radical (unpaired) electrons. The smallest absolute Gasteiger partial charge is 0.407 e. The van der Waals surface area contributed by atoms with Crippen molar-refractivity contribution in [1.82, 2.24) is 10.6 Å². The Kier molecular flexibility index (Phi) is 8.12. The van der Waals surface area contributed by atoms with Crippen LogP contribution in [0.1, 0.15) is 36.3 Å². The number of carbonyl (C=O) groups is 4. The van der Waals surface area contributed by atoms with Crippen molar-refractivity contribution in [3.05, 3.63) is 72.3 Å². The van der Waals surface area contributed by atoms with E-state index in [4.69, 9.17) is 14.2 Å². The van der Waals surface area contributed by atoms with Crippen LogP contribution in [0.15, 0.2) is 61.2 Å². The summed E-state index contributed by atoms with van der Waals surface area (Å²) in [7, 11) is 0. The summed E-state index contributed by atoms with van der Waals surface area (Å²) in [6.45, 7) is 4.07. The van der Waals surface area contributed by atoms with Gasteiger partial charge < -0.3 is 24.8 Å². The van der Waals surface area contributed by atoms with Gasteiger partial charge in [0.25, 0.3) is 0 Å². The fourth-order valence-corrected chi connectivity index (χ4v) is 4.48. The quantitative estimate of drug-likeness (QED) is 0.237. The highest BCUT2D eigenvalue weighted by Crippen LogP contribution is 2.44. The van der Waals surface area contributed by atoms with Crippen molar-refractivity contribution in [2.45, 2.75) is 37.3 Å². The van der Waals surface area contributed by atoms with Gasteiger partial charge >= 0.3 is 24.0 Å². The van der Waals surface area contributed by atoms with Gasteiger partial charge in [-0.25, -0.2) is 14.4 Å². The molecule has 0 bridgehead atoms. The molecule has 0 saturated carbocycles. The number of nitrogens with one attached hydrogen (secondary N) is 2. The second kappa shape index (κ2) is 11.6. The van der Waals surface area contributed by atoms with Gasteiger partial charge in [-0.1, -0.05) is 61.2 Å². The van der Waals surface area contributed by atoms with Gasteiger partial charge in [0.1, 0.15) is 25.3 Å². The maximum atomic E-state index is 12.7. The number of alkyl carbamates (subject to hydrolysis) is 1. The SMILES string of the molecule is C=CCOC(=O)CC(NC(=O)OCC1c2ccccc2-c2ccccc21)C(=O)OC(=O)C1CCCN1. The van der Waals surface area contributed by atoms with Gasteiger partial charge in [0.05, 0.1) is 6.42 Å². The van der Waals surface area contributed by atoms with Crippen LogP contribution < -0.4 is 10.6 Å². The summed E-state index contributed by atoms with van der Waals surface area (Å²) in [5, 5.41) is 5.29. The minimum absolute atomic E-state index is 0.0213. The lowest BCUT2D eigenvalue weighted by Crippen LogP contribution is -2.46. The second-order valence-corrected chi connectivity index (χ2v) is 8.59. The molecular weight excluding hydrogens is 464 g/mol. The van der Waals surface area contributed by atoms with E-state index in [2.05, 4.69) is 17.2 Å². The van der Waals surface area contributed by atoms with Gasteiger partial charge in [0.2, 0.25) is 0 Å². The lowest BCUT2D eigenvalue weighted by Gasteiger charge is -2.19. The molecule has 2 aliphatic rings. The van der Waals surface area contributed by atoms with Gasteiger partial charge in [-0.3, -0.25) is 4.79 Å². The Morgan fingerprint density at radius 2 is 1.69 bits per heavy atom. The van der Waals surface area contributed by atoms with Crippen molar-refractivity contribution in [2.75, 3.05) is 19.8 Å². The fraction of sp³-hybridized carbons (Fsp3) is 0.333. The summed E-state index contributed by atoms with van der Waals surface area (Å²) < 4.78 is 15.3. The predicted molar refractivity (Wildman–Crippen MR) is 130 cm³/mol. The molecule has 2 N–H and O–H groups in total. The van der Waals surface area contributed by atoms with Crippen molar-refractivity contribution in [1.29, 1.82) is 0 Å². The Bertz CT molecular complexity index is 1110. The minimum atomic E-state index is -1.46. The zero-order valence-electron chi connectivity index (χ0n) is 19.7. The maximum absolute atomic E-state index is 12.7. The molecule has 1 aliphatic carbocycles. The molecule has 1 amide bonds. The summed E-state index contributed by atoms with van der Waals surface area (Å²) in [6, 6.07) is 13.7. The van der Waals surface area contributed by atoms with Gasteiger partial charge in [-0.2, -0.15) is 0 Å². The number of esters is 3. The highest BCUT2D eigenvalue weighted by atomic mass is 16.6. The van der Waals surface area contributed by atoms with E-state index in [0.29, 0.717) is 13.0 Å². The van der Waals surface area contributed by atoms with Crippen LogP contribution in [-0.2, 0) is 28.6 Å². The molecular formula is C27H28N2O7. The maximum Gasteiger partial charge on any atom is 0.407 e. The number of hydrogen-bond acceptors (Lipinski definition) is 8. The molecule has 36 heavy (non-hydrogen) atoms. The van der Waals surface area contributed by atoms with Crippen LogP contribution in [0.4, 0.5) is 4.79 Å². The van der Waals surface area contributed by atoms with Crippen molar-refractivity contribution in [3.63, 3.8) is 0 Å². The van der Waals surface area contributed by atoms with Crippen molar-refractivity contribution in [3.8, 4) is 11.1 Å². The van der Waals surface area contributed by atoms with Crippen LogP contribution in [0.2, 0.25) is 0 Å². The number of fused-ring (bicyclic) bond motifs is 3. The molecule has 188 valence electrons. The van der Waals surface area contributed by atoms with E-state index in [-0.39, 0.29) is 19.1 Å². The van der Waals surface area contributed by atoms with E-state index in [9.17, 15) is 19.2 Å². The average Bonchev–Trinajstić information content (AvgIpc) is 3.53. The Labute approximate surface area is 208 Å². The number of benzene rings is 2. The van der Waals surface area contributed by atoms with Gasteiger partial charge in [-0.15, -0.1) is 0 Å². The van der Waals surface area contributed by atoms with Crippen LogP contribution >= 0.6 is 0 Å². The lowest BCUT2D eigenvalue weighted by molar-refractivity contribution is -0.164. The third kappa shape index (κ3) is 5.80. The van der Waals surface area contributed by atoms with E-state index < -0.39 is 42.5 Å². The zero-order valence-corrected chi connectivity index (χ0v) is 19.7. The Balaban J connectivity index is 1.41. The van der Waals surface area contributed by atoms with E-state index in [0.717, 1.165) is 28.7 Å². The first-order valence-electron chi connectivity index (χ1n) is 11.8. The van der Waals surface area contributed by atoms with Crippen molar-refractivity contribution < 1.29 is 33.4 Å². The number of hydrogen-bond donors (Lipinski definition) is 2. The molecule has 4 rings (SSSR count). The largest absolute Gasteiger partial charge is 0.461 e. The van der Waals surface area contributed by atoms with Crippen molar-refractivity contribution >= 4 is 24.0 Å². The summed E-state index contributed by atoms with van der Waals surface area (Å²) in [6.07, 6.45) is 1.25. The topological polar surface area (TPSA) is 120 Å². The molecule has 2 unspecified atom stereocenters. The molecule has 9 nitrogen and oxygen atoms in total. The first-order chi connectivity index (χ1) is 17.5. The summed E-state index contributed by atoms with van der Waals surface area (Å²) in [5.74, 6) is -2.75.